The highest BCUT2D eigenvalue weighted by Gasteiger charge is 2.41. The lowest BCUT2D eigenvalue weighted by Gasteiger charge is -2.18. The van der Waals surface area contributed by atoms with Gasteiger partial charge in [-0.2, -0.15) is 0 Å². The fourth-order valence-corrected chi connectivity index (χ4v) is 4.03. The number of imide groups is 1. The predicted molar refractivity (Wildman–Crippen MR) is 130 cm³/mol. The molecule has 0 aliphatic carbocycles. The highest BCUT2D eigenvalue weighted by Crippen LogP contribution is 2.37. The average Bonchev–Trinajstić information content (AvgIpc) is 3.03. The third kappa shape index (κ3) is 4.17. The van der Waals surface area contributed by atoms with E-state index in [0.717, 1.165) is 11.1 Å². The molecule has 1 aliphatic heterocycles. The Morgan fingerprint density at radius 3 is 2.21 bits per heavy atom. The molecule has 3 aromatic rings. The van der Waals surface area contributed by atoms with Crippen LogP contribution in [0.25, 0.3) is 5.57 Å². The Hall–Kier alpha value is -3.77. The molecular formula is C26H23ClN2O4. The van der Waals surface area contributed by atoms with Crippen LogP contribution in [0, 0.1) is 13.8 Å². The molecule has 33 heavy (non-hydrogen) atoms. The molecule has 0 spiro atoms. The molecular weight excluding hydrogens is 440 g/mol. The summed E-state index contributed by atoms with van der Waals surface area (Å²) in [5.41, 5.74) is 3.87. The lowest BCUT2D eigenvalue weighted by atomic mass is 10.0. The first-order valence-electron chi connectivity index (χ1n) is 10.3. The number of benzene rings is 3. The molecule has 1 aliphatic rings. The molecule has 0 saturated carbocycles. The number of methoxy groups -OCH3 is 2. The maximum absolute atomic E-state index is 13.6. The number of nitrogens with zero attached hydrogens (tertiary/aromatic N) is 1. The summed E-state index contributed by atoms with van der Waals surface area (Å²) < 4.78 is 10.7. The van der Waals surface area contributed by atoms with Crippen LogP contribution in [0.1, 0.15) is 16.7 Å². The van der Waals surface area contributed by atoms with Crippen molar-refractivity contribution < 1.29 is 19.1 Å². The summed E-state index contributed by atoms with van der Waals surface area (Å²) in [6.45, 7) is 3.84. The maximum atomic E-state index is 13.6. The summed E-state index contributed by atoms with van der Waals surface area (Å²) in [4.78, 5) is 28.5. The normalized spacial score (nSPS) is 13.5. The van der Waals surface area contributed by atoms with E-state index >= 15 is 0 Å². The van der Waals surface area contributed by atoms with Crippen LogP contribution in [0.15, 0.2) is 66.4 Å². The second-order valence-corrected chi connectivity index (χ2v) is 8.12. The highest BCUT2D eigenvalue weighted by molar-refractivity contribution is 6.46. The Morgan fingerprint density at radius 1 is 0.848 bits per heavy atom. The SMILES string of the molecule is COc1ccc(C2=C(Nc3cc(Cl)ccc3OC)C(=O)N(c3ccc(C)cc3C)C2=O)cc1. The third-order valence-corrected chi connectivity index (χ3v) is 5.71. The van der Waals surface area contributed by atoms with Crippen molar-refractivity contribution in [2.45, 2.75) is 13.8 Å². The second kappa shape index (κ2) is 9.00. The number of carbonyl (C=O) groups excluding carboxylic acids is 2. The molecule has 0 atom stereocenters. The minimum absolute atomic E-state index is 0.144. The molecule has 0 unspecified atom stereocenters. The highest BCUT2D eigenvalue weighted by atomic mass is 35.5. The van der Waals surface area contributed by atoms with Gasteiger partial charge in [-0.1, -0.05) is 41.4 Å². The molecule has 0 saturated heterocycles. The lowest BCUT2D eigenvalue weighted by molar-refractivity contribution is -0.120. The van der Waals surface area contributed by atoms with Crippen LogP contribution in [0.4, 0.5) is 11.4 Å². The second-order valence-electron chi connectivity index (χ2n) is 7.68. The van der Waals surface area contributed by atoms with Gasteiger partial charge in [0.1, 0.15) is 17.2 Å². The van der Waals surface area contributed by atoms with Gasteiger partial charge in [0, 0.05) is 5.02 Å². The number of amides is 2. The Kier molecular flexibility index (Phi) is 6.11. The average molecular weight is 463 g/mol. The molecule has 1 N–H and O–H groups in total. The number of carbonyl (C=O) groups is 2. The van der Waals surface area contributed by atoms with Crippen LogP contribution in [0.5, 0.6) is 11.5 Å². The van der Waals surface area contributed by atoms with E-state index in [1.54, 1.807) is 55.6 Å². The zero-order valence-corrected chi connectivity index (χ0v) is 19.5. The number of anilines is 2. The van der Waals surface area contributed by atoms with Gasteiger partial charge in [-0.25, -0.2) is 4.90 Å². The van der Waals surface area contributed by atoms with Gasteiger partial charge in [-0.05, 0) is 61.4 Å². The largest absolute Gasteiger partial charge is 0.497 e. The topological polar surface area (TPSA) is 67.9 Å². The monoisotopic (exact) mass is 462 g/mol. The summed E-state index contributed by atoms with van der Waals surface area (Å²) in [5, 5.41) is 3.58. The molecule has 0 radical (unpaired) electrons. The van der Waals surface area contributed by atoms with Gasteiger partial charge in [0.2, 0.25) is 0 Å². The van der Waals surface area contributed by atoms with Gasteiger partial charge >= 0.3 is 0 Å². The Balaban J connectivity index is 1.86. The Labute approximate surface area is 197 Å². The van der Waals surface area contributed by atoms with Crippen molar-refractivity contribution in [3.8, 4) is 11.5 Å². The summed E-state index contributed by atoms with van der Waals surface area (Å²) in [5.74, 6) is 0.264. The molecule has 6 nitrogen and oxygen atoms in total. The van der Waals surface area contributed by atoms with Gasteiger partial charge in [0.05, 0.1) is 31.2 Å². The predicted octanol–water partition coefficient (Wildman–Crippen LogP) is 5.37. The molecule has 3 aromatic carbocycles. The number of ether oxygens (including phenoxy) is 2. The van der Waals surface area contributed by atoms with E-state index in [4.69, 9.17) is 21.1 Å². The fourth-order valence-electron chi connectivity index (χ4n) is 3.86. The van der Waals surface area contributed by atoms with Crippen LogP contribution >= 0.6 is 11.6 Å². The number of rotatable bonds is 6. The molecule has 2 amide bonds. The van der Waals surface area contributed by atoms with Gasteiger partial charge < -0.3 is 14.8 Å². The number of halogens is 1. The number of hydrogen-bond acceptors (Lipinski definition) is 5. The minimum Gasteiger partial charge on any atom is -0.497 e. The first-order chi connectivity index (χ1) is 15.8. The van der Waals surface area contributed by atoms with Crippen molar-refractivity contribution in [3.05, 3.63) is 88.1 Å². The Morgan fingerprint density at radius 2 is 1.58 bits per heavy atom. The van der Waals surface area contributed by atoms with Crippen molar-refractivity contribution in [2.24, 2.45) is 0 Å². The summed E-state index contributed by atoms with van der Waals surface area (Å²) in [6, 6.07) is 17.6. The van der Waals surface area contributed by atoms with Gasteiger partial charge in [-0.3, -0.25) is 9.59 Å². The zero-order valence-electron chi connectivity index (χ0n) is 18.7. The van der Waals surface area contributed by atoms with Gasteiger partial charge in [0.15, 0.2) is 0 Å². The number of hydrogen-bond donors (Lipinski definition) is 1. The summed E-state index contributed by atoms with van der Waals surface area (Å²) in [6.07, 6.45) is 0. The van der Waals surface area contributed by atoms with E-state index < -0.39 is 11.8 Å². The van der Waals surface area contributed by atoms with Gasteiger partial charge in [0.25, 0.3) is 11.8 Å². The van der Waals surface area contributed by atoms with Crippen molar-refractivity contribution in [3.63, 3.8) is 0 Å². The van der Waals surface area contributed by atoms with Gasteiger partial charge in [-0.15, -0.1) is 0 Å². The fraction of sp³-hybridized carbons (Fsp3) is 0.154. The number of nitrogens with one attached hydrogen (secondary N) is 1. The van der Waals surface area contributed by atoms with E-state index in [1.165, 1.54) is 12.0 Å². The summed E-state index contributed by atoms with van der Waals surface area (Å²) in [7, 11) is 3.09. The molecule has 168 valence electrons. The first kappa shape index (κ1) is 22.4. The quantitative estimate of drug-likeness (QED) is 0.499. The van der Waals surface area contributed by atoms with Crippen molar-refractivity contribution in [1.29, 1.82) is 0 Å². The van der Waals surface area contributed by atoms with Crippen molar-refractivity contribution in [1.82, 2.24) is 0 Å². The molecule has 4 rings (SSSR count). The lowest BCUT2D eigenvalue weighted by Crippen LogP contribution is -2.33. The Bertz CT molecular complexity index is 1280. The van der Waals surface area contributed by atoms with Crippen LogP contribution < -0.4 is 19.7 Å². The zero-order chi connectivity index (χ0) is 23.7. The molecule has 0 fully saturated rings. The standard InChI is InChI=1S/C26H23ClN2O4/c1-15-5-11-21(16(2)13-15)29-25(30)23(17-6-9-19(32-3)10-7-17)24(26(29)31)28-20-14-18(27)8-12-22(20)33-4/h5-14,28H,1-4H3. The smallest absolute Gasteiger partial charge is 0.282 e. The first-order valence-corrected chi connectivity index (χ1v) is 10.7. The van der Waals surface area contributed by atoms with Crippen molar-refractivity contribution in [2.75, 3.05) is 24.4 Å². The van der Waals surface area contributed by atoms with Crippen LogP contribution in [-0.4, -0.2) is 26.0 Å². The van der Waals surface area contributed by atoms with E-state index in [-0.39, 0.29) is 11.3 Å². The maximum Gasteiger partial charge on any atom is 0.282 e. The van der Waals surface area contributed by atoms with E-state index in [0.29, 0.717) is 33.5 Å². The summed E-state index contributed by atoms with van der Waals surface area (Å²) >= 11 is 6.18. The van der Waals surface area contributed by atoms with E-state index in [9.17, 15) is 9.59 Å². The molecule has 1 heterocycles. The van der Waals surface area contributed by atoms with Crippen molar-refractivity contribution >= 4 is 40.4 Å². The van der Waals surface area contributed by atoms with E-state index in [1.807, 2.05) is 26.0 Å². The van der Waals surface area contributed by atoms with Crippen LogP contribution in [0.2, 0.25) is 5.02 Å². The van der Waals surface area contributed by atoms with Crippen LogP contribution in [-0.2, 0) is 9.59 Å². The number of aryl methyl sites for hydroxylation is 2. The molecule has 7 heteroatoms. The minimum atomic E-state index is -0.459. The molecule has 0 bridgehead atoms. The van der Waals surface area contributed by atoms with E-state index in [2.05, 4.69) is 5.32 Å². The third-order valence-electron chi connectivity index (χ3n) is 5.48. The molecule has 0 aromatic heterocycles. The van der Waals surface area contributed by atoms with Crippen LogP contribution in [0.3, 0.4) is 0 Å².